The van der Waals surface area contributed by atoms with E-state index in [0.29, 0.717) is 0 Å². The monoisotopic (exact) mass is 345 g/mol. The van der Waals surface area contributed by atoms with Gasteiger partial charge in [0.2, 0.25) is 5.91 Å². The van der Waals surface area contributed by atoms with Crippen molar-refractivity contribution >= 4 is 11.7 Å². The highest BCUT2D eigenvalue weighted by molar-refractivity contribution is 5.78. The maximum Gasteiger partial charge on any atom is 0.225 e. The van der Waals surface area contributed by atoms with Crippen LogP contribution in [0.2, 0.25) is 0 Å². The molecule has 1 amide bonds. The van der Waals surface area contributed by atoms with E-state index in [1.54, 1.807) is 0 Å². The molecular formula is C19H31N5O. The highest BCUT2D eigenvalue weighted by Gasteiger charge is 2.33. The number of rotatable bonds is 3. The molecule has 1 fully saturated rings. The third-order valence-corrected chi connectivity index (χ3v) is 5.25. The molecule has 0 unspecified atom stereocenters. The van der Waals surface area contributed by atoms with Crippen LogP contribution in [0.4, 0.5) is 5.82 Å². The average molecular weight is 345 g/mol. The molecule has 3 heterocycles. The summed E-state index contributed by atoms with van der Waals surface area (Å²) in [6.45, 7) is 6.69. The van der Waals surface area contributed by atoms with Gasteiger partial charge < -0.3 is 14.7 Å². The van der Waals surface area contributed by atoms with Crippen LogP contribution in [-0.4, -0.2) is 59.9 Å². The van der Waals surface area contributed by atoms with Gasteiger partial charge in [-0.2, -0.15) is 0 Å². The molecule has 0 radical (unpaired) electrons. The molecule has 2 aliphatic rings. The summed E-state index contributed by atoms with van der Waals surface area (Å²) in [7, 11) is 6.22. The Morgan fingerprint density at radius 2 is 1.96 bits per heavy atom. The van der Waals surface area contributed by atoms with E-state index in [9.17, 15) is 4.79 Å². The van der Waals surface area contributed by atoms with Crippen molar-refractivity contribution in [1.82, 2.24) is 19.8 Å². The minimum absolute atomic E-state index is 0.0141. The van der Waals surface area contributed by atoms with Crippen LogP contribution in [0.25, 0.3) is 0 Å². The Balaban J connectivity index is 2.01. The quantitative estimate of drug-likeness (QED) is 0.841. The number of likely N-dealkylation sites (tertiary alicyclic amines) is 1. The molecule has 0 spiro atoms. The number of aromatic nitrogens is 2. The molecule has 0 saturated carbocycles. The summed E-state index contributed by atoms with van der Waals surface area (Å²) in [6, 6.07) is 0.0207. The second-order valence-corrected chi connectivity index (χ2v) is 7.91. The number of hydrogen-bond acceptors (Lipinski definition) is 5. The van der Waals surface area contributed by atoms with Gasteiger partial charge in [-0.15, -0.1) is 0 Å². The number of likely N-dealkylation sites (N-methyl/N-ethyl adjacent to an activating group) is 1. The van der Waals surface area contributed by atoms with Crippen LogP contribution in [0.1, 0.15) is 56.2 Å². The van der Waals surface area contributed by atoms with Crippen molar-refractivity contribution in [2.24, 2.45) is 5.92 Å². The van der Waals surface area contributed by atoms with Crippen LogP contribution >= 0.6 is 0 Å². The molecule has 0 N–H and O–H groups in total. The van der Waals surface area contributed by atoms with Crippen molar-refractivity contribution < 1.29 is 4.79 Å². The van der Waals surface area contributed by atoms with Gasteiger partial charge in [0.1, 0.15) is 5.82 Å². The number of carbonyl (C=O) groups is 1. The van der Waals surface area contributed by atoms with Gasteiger partial charge in [-0.05, 0) is 26.3 Å². The van der Waals surface area contributed by atoms with Crippen molar-refractivity contribution in [3.63, 3.8) is 0 Å². The van der Waals surface area contributed by atoms with Gasteiger partial charge in [-0.1, -0.05) is 13.8 Å². The van der Waals surface area contributed by atoms with Gasteiger partial charge in [0.05, 0.1) is 11.7 Å². The van der Waals surface area contributed by atoms with Gasteiger partial charge in [0, 0.05) is 51.6 Å². The molecule has 6 heteroatoms. The summed E-state index contributed by atoms with van der Waals surface area (Å²) in [5.41, 5.74) is 2.40. The summed E-state index contributed by atoms with van der Waals surface area (Å²) in [5.74, 6) is 2.08. The van der Waals surface area contributed by atoms with Crippen LogP contribution in [-0.2, 0) is 17.8 Å². The summed E-state index contributed by atoms with van der Waals surface area (Å²) in [4.78, 5) is 29.0. The van der Waals surface area contributed by atoms with E-state index in [4.69, 9.17) is 9.97 Å². The minimum atomic E-state index is 0.0141. The Labute approximate surface area is 151 Å². The van der Waals surface area contributed by atoms with Crippen molar-refractivity contribution in [3.8, 4) is 0 Å². The fourth-order valence-electron chi connectivity index (χ4n) is 3.86. The highest BCUT2D eigenvalue weighted by atomic mass is 16.2. The van der Waals surface area contributed by atoms with E-state index in [1.165, 1.54) is 5.56 Å². The van der Waals surface area contributed by atoms with Crippen LogP contribution in [0.5, 0.6) is 0 Å². The van der Waals surface area contributed by atoms with Crippen molar-refractivity contribution in [1.29, 1.82) is 0 Å². The zero-order chi connectivity index (χ0) is 18.1. The lowest BCUT2D eigenvalue weighted by atomic mass is 9.98. The first-order chi connectivity index (χ1) is 11.9. The summed E-state index contributed by atoms with van der Waals surface area (Å²) < 4.78 is 0. The smallest absolute Gasteiger partial charge is 0.225 e. The molecule has 1 saturated heterocycles. The molecule has 1 atom stereocenters. The van der Waals surface area contributed by atoms with E-state index < -0.39 is 0 Å². The number of anilines is 1. The zero-order valence-corrected chi connectivity index (χ0v) is 16.2. The lowest BCUT2D eigenvalue weighted by Crippen LogP contribution is -2.42. The third-order valence-electron chi connectivity index (χ3n) is 5.25. The lowest BCUT2D eigenvalue weighted by Gasteiger charge is -2.37. The predicted octanol–water partition coefficient (Wildman–Crippen LogP) is 2.24. The van der Waals surface area contributed by atoms with E-state index in [1.807, 2.05) is 32.8 Å². The molecule has 1 aromatic heterocycles. The molecule has 2 aliphatic heterocycles. The Morgan fingerprint density at radius 1 is 1.20 bits per heavy atom. The molecular weight excluding hydrogens is 314 g/mol. The van der Waals surface area contributed by atoms with E-state index in [0.717, 1.165) is 62.7 Å². The standard InChI is InChI=1S/C19H31N5O/c1-13(2)19(25)24-10-7-6-8-16(24)17-20-15-9-11-23(5)12-14(15)18(21-17)22(3)4/h13,16H,6-12H2,1-5H3/t16-/m1/s1. The topological polar surface area (TPSA) is 52.6 Å². The SMILES string of the molecule is CC(C)C(=O)N1CCCC[C@@H]1c1nc2c(c(N(C)C)n1)CN(C)CC2. The molecule has 6 nitrogen and oxygen atoms in total. The van der Waals surface area contributed by atoms with Crippen molar-refractivity contribution in [2.45, 2.75) is 52.1 Å². The molecule has 138 valence electrons. The number of nitrogens with zero attached hydrogens (tertiary/aromatic N) is 5. The zero-order valence-electron chi connectivity index (χ0n) is 16.2. The third kappa shape index (κ3) is 3.64. The molecule has 0 bridgehead atoms. The average Bonchev–Trinajstić information content (AvgIpc) is 2.60. The van der Waals surface area contributed by atoms with Gasteiger partial charge in [-0.25, -0.2) is 9.97 Å². The normalized spacial score (nSPS) is 21.4. The maximum absolute atomic E-state index is 12.7. The first-order valence-corrected chi connectivity index (χ1v) is 9.44. The highest BCUT2D eigenvalue weighted by Crippen LogP contribution is 2.33. The summed E-state index contributed by atoms with van der Waals surface area (Å²) in [6.07, 6.45) is 4.12. The molecule has 0 aliphatic carbocycles. The van der Waals surface area contributed by atoms with Crippen molar-refractivity contribution in [2.75, 3.05) is 39.1 Å². The maximum atomic E-state index is 12.7. The number of piperidine rings is 1. The number of hydrogen-bond donors (Lipinski definition) is 0. The summed E-state index contributed by atoms with van der Waals surface area (Å²) >= 11 is 0. The fourth-order valence-corrected chi connectivity index (χ4v) is 3.86. The molecule has 1 aromatic rings. The van der Waals surface area contributed by atoms with Gasteiger partial charge in [0.25, 0.3) is 0 Å². The first kappa shape index (κ1) is 18.1. The summed E-state index contributed by atoms with van der Waals surface area (Å²) in [5, 5.41) is 0. The van der Waals surface area contributed by atoms with Gasteiger partial charge in [-0.3, -0.25) is 4.79 Å². The minimum Gasteiger partial charge on any atom is -0.362 e. The van der Waals surface area contributed by atoms with Crippen LogP contribution in [0, 0.1) is 5.92 Å². The Morgan fingerprint density at radius 3 is 2.64 bits per heavy atom. The molecule has 25 heavy (non-hydrogen) atoms. The largest absolute Gasteiger partial charge is 0.362 e. The van der Waals surface area contributed by atoms with Crippen LogP contribution < -0.4 is 4.90 Å². The van der Waals surface area contributed by atoms with E-state index in [-0.39, 0.29) is 17.9 Å². The fraction of sp³-hybridized carbons (Fsp3) is 0.737. The Kier molecular flexibility index (Phi) is 5.27. The van der Waals surface area contributed by atoms with Gasteiger partial charge in [0.15, 0.2) is 5.82 Å². The Bertz CT molecular complexity index is 643. The first-order valence-electron chi connectivity index (χ1n) is 9.44. The Hall–Kier alpha value is -1.69. The number of fused-ring (bicyclic) bond motifs is 1. The second-order valence-electron chi connectivity index (χ2n) is 7.91. The predicted molar refractivity (Wildman–Crippen MR) is 99.5 cm³/mol. The number of carbonyl (C=O) groups excluding carboxylic acids is 1. The van der Waals surface area contributed by atoms with Crippen molar-refractivity contribution in [3.05, 3.63) is 17.1 Å². The van der Waals surface area contributed by atoms with E-state index in [2.05, 4.69) is 16.8 Å². The van der Waals surface area contributed by atoms with Crippen LogP contribution in [0.15, 0.2) is 0 Å². The van der Waals surface area contributed by atoms with E-state index >= 15 is 0 Å². The lowest BCUT2D eigenvalue weighted by molar-refractivity contribution is -0.138. The molecule has 0 aromatic carbocycles. The number of amides is 1. The van der Waals surface area contributed by atoms with Gasteiger partial charge >= 0.3 is 0 Å². The molecule has 3 rings (SSSR count). The second kappa shape index (κ2) is 7.28. The van der Waals surface area contributed by atoms with Crippen LogP contribution in [0.3, 0.4) is 0 Å².